The Morgan fingerprint density at radius 3 is 2.41 bits per heavy atom. The molecule has 2 aromatic carbocycles. The number of hydrogen-bond donors (Lipinski definition) is 1. The number of thiazole rings is 1. The van der Waals surface area contributed by atoms with Gasteiger partial charge in [-0.15, -0.1) is 13.2 Å². The van der Waals surface area contributed by atoms with Crippen LogP contribution in [0.5, 0.6) is 11.5 Å². The summed E-state index contributed by atoms with van der Waals surface area (Å²) in [5.41, 5.74) is 1.05. The number of carbonyl (C=O) groups is 1. The fraction of sp³-hybridized carbons (Fsp3) is 0.333. The molecule has 0 aliphatic rings. The van der Waals surface area contributed by atoms with Gasteiger partial charge in [-0.2, -0.15) is 0 Å². The first-order valence-corrected chi connectivity index (χ1v) is 10.6. The van der Waals surface area contributed by atoms with Crippen LogP contribution < -0.4 is 19.7 Å². The molecule has 1 N–H and O–H groups in total. The maximum Gasteiger partial charge on any atom is 0.573 e. The second-order valence-electron chi connectivity index (χ2n) is 7.02. The van der Waals surface area contributed by atoms with Gasteiger partial charge in [0, 0.05) is 24.8 Å². The quantitative estimate of drug-likeness (QED) is 0.493. The molecular formula is C21H23F3N4O3S. The van der Waals surface area contributed by atoms with Gasteiger partial charge in [0.25, 0.3) is 0 Å². The van der Waals surface area contributed by atoms with Crippen LogP contribution in [0.2, 0.25) is 0 Å². The van der Waals surface area contributed by atoms with Gasteiger partial charge in [0.15, 0.2) is 5.13 Å². The first-order chi connectivity index (χ1) is 15.1. The standard InChI is InChI=1S/C21H23F3N4O3S/c1-4-30-15-7-5-14(6-8-15)25-19(29)28(12-11-27(2)3)20-26-17-10-9-16(13-18(17)32-20)31-21(22,23)24/h5-10,13H,4,11-12H2,1-3H3,(H,25,29). The summed E-state index contributed by atoms with van der Waals surface area (Å²) in [7, 11) is 3.75. The average Bonchev–Trinajstić information content (AvgIpc) is 3.11. The highest BCUT2D eigenvalue weighted by Gasteiger charge is 2.31. The number of urea groups is 1. The van der Waals surface area contributed by atoms with Gasteiger partial charge < -0.3 is 19.7 Å². The van der Waals surface area contributed by atoms with Crippen molar-refractivity contribution in [1.82, 2.24) is 9.88 Å². The van der Waals surface area contributed by atoms with Crippen molar-refractivity contribution in [1.29, 1.82) is 0 Å². The molecule has 2 amide bonds. The van der Waals surface area contributed by atoms with Crippen LogP contribution in [0.25, 0.3) is 10.2 Å². The molecule has 0 bridgehead atoms. The van der Waals surface area contributed by atoms with Gasteiger partial charge in [0.2, 0.25) is 0 Å². The molecule has 7 nitrogen and oxygen atoms in total. The van der Waals surface area contributed by atoms with E-state index in [2.05, 4.69) is 15.0 Å². The van der Waals surface area contributed by atoms with Crippen molar-refractivity contribution < 1.29 is 27.4 Å². The molecular weight excluding hydrogens is 445 g/mol. The minimum Gasteiger partial charge on any atom is -0.494 e. The van der Waals surface area contributed by atoms with Crippen molar-refractivity contribution in [2.75, 3.05) is 44.0 Å². The number of fused-ring (bicyclic) bond motifs is 1. The fourth-order valence-corrected chi connectivity index (χ4v) is 3.80. The number of nitrogens with zero attached hydrogens (tertiary/aromatic N) is 3. The molecule has 3 aromatic rings. The highest BCUT2D eigenvalue weighted by Crippen LogP contribution is 2.33. The summed E-state index contributed by atoms with van der Waals surface area (Å²) in [5.74, 6) is 0.358. The van der Waals surface area contributed by atoms with Crippen molar-refractivity contribution in [3.05, 3.63) is 42.5 Å². The number of aromatic nitrogens is 1. The van der Waals surface area contributed by atoms with E-state index in [9.17, 15) is 18.0 Å². The van der Waals surface area contributed by atoms with Crippen LogP contribution in [0.1, 0.15) is 6.92 Å². The molecule has 172 valence electrons. The van der Waals surface area contributed by atoms with Gasteiger partial charge in [0.05, 0.1) is 16.8 Å². The Morgan fingerprint density at radius 2 is 1.78 bits per heavy atom. The Kier molecular flexibility index (Phi) is 7.41. The van der Waals surface area contributed by atoms with E-state index in [1.807, 2.05) is 25.9 Å². The molecule has 0 radical (unpaired) electrons. The van der Waals surface area contributed by atoms with Gasteiger partial charge >= 0.3 is 12.4 Å². The Hall–Kier alpha value is -3.05. The Bertz CT molecular complexity index is 1050. The maximum atomic E-state index is 13.0. The summed E-state index contributed by atoms with van der Waals surface area (Å²) in [6.07, 6.45) is -4.78. The van der Waals surface area contributed by atoms with Gasteiger partial charge in [-0.05, 0) is 57.4 Å². The predicted octanol–water partition coefficient (Wildman–Crippen LogP) is 5.19. The number of ether oxygens (including phenoxy) is 2. The van der Waals surface area contributed by atoms with Crippen LogP contribution >= 0.6 is 11.3 Å². The number of carbonyl (C=O) groups excluding carboxylic acids is 1. The third-order valence-corrected chi connectivity index (χ3v) is 5.29. The van der Waals surface area contributed by atoms with Crippen LogP contribution in [0.15, 0.2) is 42.5 Å². The monoisotopic (exact) mass is 468 g/mol. The van der Waals surface area contributed by atoms with E-state index in [1.54, 1.807) is 24.3 Å². The first-order valence-electron chi connectivity index (χ1n) is 9.77. The van der Waals surface area contributed by atoms with Crippen molar-refractivity contribution in [3.63, 3.8) is 0 Å². The van der Waals surface area contributed by atoms with Crippen LogP contribution in [0.4, 0.5) is 28.8 Å². The molecule has 0 aliphatic heterocycles. The summed E-state index contributed by atoms with van der Waals surface area (Å²) in [4.78, 5) is 20.8. The molecule has 1 aromatic heterocycles. The number of halogens is 3. The predicted molar refractivity (Wildman–Crippen MR) is 119 cm³/mol. The van der Waals surface area contributed by atoms with Crippen molar-refractivity contribution in [3.8, 4) is 11.5 Å². The average molecular weight is 469 g/mol. The van der Waals surface area contributed by atoms with E-state index in [0.717, 1.165) is 11.3 Å². The number of hydrogen-bond acceptors (Lipinski definition) is 6. The molecule has 0 spiro atoms. The van der Waals surface area contributed by atoms with Crippen molar-refractivity contribution >= 4 is 38.4 Å². The molecule has 0 saturated heterocycles. The van der Waals surface area contributed by atoms with Gasteiger partial charge in [-0.1, -0.05) is 11.3 Å². The zero-order valence-corrected chi connectivity index (χ0v) is 18.6. The largest absolute Gasteiger partial charge is 0.573 e. The lowest BCUT2D eigenvalue weighted by Gasteiger charge is -2.22. The third-order valence-electron chi connectivity index (χ3n) is 4.25. The molecule has 0 fully saturated rings. The van der Waals surface area contributed by atoms with Gasteiger partial charge in [0.1, 0.15) is 11.5 Å². The SMILES string of the molecule is CCOc1ccc(NC(=O)N(CCN(C)C)c2nc3ccc(OC(F)(F)F)cc3s2)cc1. The highest BCUT2D eigenvalue weighted by molar-refractivity contribution is 7.22. The Morgan fingerprint density at radius 1 is 1.09 bits per heavy atom. The Labute approximate surface area is 187 Å². The minimum atomic E-state index is -4.78. The fourth-order valence-electron chi connectivity index (χ4n) is 2.78. The van der Waals surface area contributed by atoms with Crippen molar-refractivity contribution in [2.24, 2.45) is 0 Å². The number of nitrogens with one attached hydrogen (secondary N) is 1. The highest BCUT2D eigenvalue weighted by atomic mass is 32.1. The maximum absolute atomic E-state index is 13.0. The third kappa shape index (κ3) is 6.47. The van der Waals surface area contributed by atoms with Crippen LogP contribution in [-0.2, 0) is 0 Å². The van der Waals surface area contributed by atoms with Gasteiger partial charge in [-0.3, -0.25) is 4.90 Å². The molecule has 0 aliphatic carbocycles. The molecule has 32 heavy (non-hydrogen) atoms. The second kappa shape index (κ2) is 10.0. The zero-order valence-electron chi connectivity index (χ0n) is 17.8. The summed E-state index contributed by atoms with van der Waals surface area (Å²) < 4.78 is 47.4. The molecule has 0 unspecified atom stereocenters. The van der Waals surface area contributed by atoms with E-state index in [4.69, 9.17) is 4.74 Å². The molecule has 11 heteroatoms. The summed E-state index contributed by atoms with van der Waals surface area (Å²) in [6, 6.07) is 10.5. The van der Waals surface area contributed by atoms with Crippen LogP contribution in [0, 0.1) is 0 Å². The number of alkyl halides is 3. The Balaban J connectivity index is 1.83. The number of rotatable bonds is 8. The molecule has 0 saturated carbocycles. The second-order valence-corrected chi connectivity index (χ2v) is 8.03. The summed E-state index contributed by atoms with van der Waals surface area (Å²) in [6.45, 7) is 3.32. The summed E-state index contributed by atoms with van der Waals surface area (Å²) in [5, 5.41) is 3.20. The van der Waals surface area contributed by atoms with E-state index < -0.39 is 12.4 Å². The van der Waals surface area contributed by atoms with E-state index in [-0.39, 0.29) is 5.75 Å². The van der Waals surface area contributed by atoms with Crippen LogP contribution in [-0.4, -0.2) is 56.1 Å². The number of benzene rings is 2. The smallest absolute Gasteiger partial charge is 0.494 e. The lowest BCUT2D eigenvalue weighted by molar-refractivity contribution is -0.274. The minimum absolute atomic E-state index is 0.334. The number of anilines is 2. The van der Waals surface area contributed by atoms with Crippen molar-refractivity contribution in [2.45, 2.75) is 13.3 Å². The zero-order chi connectivity index (χ0) is 23.3. The number of likely N-dealkylation sites (N-methyl/N-ethyl adjacent to an activating group) is 1. The van der Waals surface area contributed by atoms with E-state index in [1.165, 1.54) is 23.1 Å². The molecule has 1 heterocycles. The topological polar surface area (TPSA) is 66.9 Å². The lowest BCUT2D eigenvalue weighted by Crippen LogP contribution is -2.39. The van der Waals surface area contributed by atoms with Crippen LogP contribution in [0.3, 0.4) is 0 Å². The number of amides is 2. The van der Waals surface area contributed by atoms with E-state index in [0.29, 0.717) is 46.5 Å². The van der Waals surface area contributed by atoms with Gasteiger partial charge in [-0.25, -0.2) is 9.78 Å². The molecule has 0 atom stereocenters. The van der Waals surface area contributed by atoms with E-state index >= 15 is 0 Å². The normalized spacial score (nSPS) is 11.6. The first kappa shape index (κ1) is 23.6. The summed E-state index contributed by atoms with van der Waals surface area (Å²) >= 11 is 1.11. The lowest BCUT2D eigenvalue weighted by atomic mass is 10.3. The molecule has 3 rings (SSSR count).